The van der Waals surface area contributed by atoms with E-state index >= 15 is 0 Å². The minimum absolute atomic E-state index is 0.00634. The highest BCUT2D eigenvalue weighted by Crippen LogP contribution is 2.06. The minimum atomic E-state index is -0.0659. The van der Waals surface area contributed by atoms with Crippen LogP contribution in [0.2, 0.25) is 0 Å². The maximum atomic E-state index is 10.8. The van der Waals surface area contributed by atoms with Crippen LogP contribution < -0.4 is 5.32 Å². The molecule has 1 radical (unpaired) electrons. The molecule has 10 heavy (non-hydrogen) atoms. The van der Waals surface area contributed by atoms with Gasteiger partial charge < -0.3 is 5.32 Å². The number of rotatable bonds is 3. The number of carbonyl (C=O) groups is 1. The molecule has 59 valence electrons. The number of carbonyl (C=O) groups excluding carboxylic acids is 1. The van der Waals surface area contributed by atoms with Crippen LogP contribution in [0.15, 0.2) is 0 Å². The van der Waals surface area contributed by atoms with Crippen molar-refractivity contribution in [2.75, 3.05) is 0 Å². The Morgan fingerprint density at radius 2 is 2.10 bits per heavy atom. The molecule has 0 atom stereocenters. The van der Waals surface area contributed by atoms with Gasteiger partial charge in [0.1, 0.15) is 0 Å². The third-order valence-corrected chi connectivity index (χ3v) is 1.61. The summed E-state index contributed by atoms with van der Waals surface area (Å²) in [5, 5.41) is 2.86. The molecule has 1 N–H and O–H groups in total. The van der Waals surface area contributed by atoms with Crippen LogP contribution in [0.1, 0.15) is 34.1 Å². The second-order valence-corrected chi connectivity index (χ2v) is 3.02. The zero-order valence-electron chi connectivity index (χ0n) is 7.19. The first kappa shape index (κ1) is 9.47. The second-order valence-electron chi connectivity index (χ2n) is 3.02. The van der Waals surface area contributed by atoms with Crippen molar-refractivity contribution in [1.29, 1.82) is 0 Å². The molecule has 0 saturated heterocycles. The summed E-state index contributed by atoms with van der Waals surface area (Å²) in [5.41, 5.74) is -0.0659. The zero-order valence-corrected chi connectivity index (χ0v) is 7.19. The maximum absolute atomic E-state index is 10.8. The van der Waals surface area contributed by atoms with Crippen molar-refractivity contribution in [1.82, 2.24) is 5.32 Å². The molecule has 0 aliphatic carbocycles. The van der Waals surface area contributed by atoms with Gasteiger partial charge in [0.15, 0.2) is 0 Å². The average Bonchev–Trinajstić information content (AvgIpc) is 1.87. The predicted molar refractivity (Wildman–Crippen MR) is 42.5 cm³/mol. The van der Waals surface area contributed by atoms with Crippen LogP contribution in [0.5, 0.6) is 0 Å². The lowest BCUT2D eigenvalue weighted by molar-refractivity contribution is -0.119. The molecule has 0 heterocycles. The topological polar surface area (TPSA) is 29.1 Å². The lowest BCUT2D eigenvalue weighted by Crippen LogP contribution is -2.42. The van der Waals surface area contributed by atoms with E-state index in [1.54, 1.807) is 6.92 Å². The van der Waals surface area contributed by atoms with E-state index in [9.17, 15) is 4.79 Å². The molecule has 0 spiro atoms. The Labute approximate surface area is 63.0 Å². The van der Waals surface area contributed by atoms with Crippen molar-refractivity contribution in [3.8, 4) is 0 Å². The normalized spacial score (nSPS) is 11.2. The largest absolute Gasteiger partial charge is 0.351 e. The molecule has 2 nitrogen and oxygen atoms in total. The lowest BCUT2D eigenvalue weighted by Gasteiger charge is -2.23. The summed E-state index contributed by atoms with van der Waals surface area (Å²) < 4.78 is 0. The van der Waals surface area contributed by atoms with Gasteiger partial charge in [0.2, 0.25) is 5.91 Å². The lowest BCUT2D eigenvalue weighted by atomic mass is 10.0. The van der Waals surface area contributed by atoms with E-state index in [2.05, 4.69) is 12.2 Å². The number of hydrogen-bond donors (Lipinski definition) is 1. The highest BCUT2D eigenvalue weighted by molar-refractivity contribution is 5.84. The van der Waals surface area contributed by atoms with Gasteiger partial charge in [-0.1, -0.05) is 13.8 Å². The standard InChI is InChI=1S/C8H16NO/c1-5-7(10)9-8(3,4)6-2/h5H,6H2,1-4H3,(H,9,10). The Bertz CT molecular complexity index is 118. The van der Waals surface area contributed by atoms with Crippen LogP contribution in [0.4, 0.5) is 0 Å². The molecule has 1 amide bonds. The van der Waals surface area contributed by atoms with E-state index in [0.717, 1.165) is 6.42 Å². The van der Waals surface area contributed by atoms with Gasteiger partial charge in [-0.05, 0) is 20.3 Å². The molecular formula is C8H16NO. The van der Waals surface area contributed by atoms with Crippen molar-refractivity contribution in [3.05, 3.63) is 6.42 Å². The molecule has 0 saturated carbocycles. The molecule has 0 fully saturated rings. The van der Waals surface area contributed by atoms with E-state index in [1.807, 2.05) is 13.8 Å². The van der Waals surface area contributed by atoms with Crippen molar-refractivity contribution in [2.45, 2.75) is 39.7 Å². The SMILES string of the molecule is C[CH]C(=O)NC(C)(C)CC. The van der Waals surface area contributed by atoms with E-state index in [1.165, 1.54) is 6.42 Å². The van der Waals surface area contributed by atoms with Crippen LogP contribution in [-0.2, 0) is 4.79 Å². The monoisotopic (exact) mass is 142 g/mol. The minimum Gasteiger partial charge on any atom is -0.351 e. The Morgan fingerprint density at radius 1 is 1.60 bits per heavy atom. The van der Waals surface area contributed by atoms with E-state index < -0.39 is 0 Å². The Kier molecular flexibility index (Phi) is 3.40. The first-order chi connectivity index (χ1) is 4.52. The number of amides is 1. The molecule has 0 aliphatic heterocycles. The highest BCUT2D eigenvalue weighted by atomic mass is 16.1. The summed E-state index contributed by atoms with van der Waals surface area (Å²) in [7, 11) is 0. The molecule has 0 aromatic rings. The van der Waals surface area contributed by atoms with Crippen molar-refractivity contribution in [3.63, 3.8) is 0 Å². The molecule has 0 aliphatic rings. The highest BCUT2D eigenvalue weighted by Gasteiger charge is 2.15. The summed E-state index contributed by atoms with van der Waals surface area (Å²) in [4.78, 5) is 10.8. The van der Waals surface area contributed by atoms with Crippen LogP contribution in [0.3, 0.4) is 0 Å². The second kappa shape index (κ2) is 3.59. The van der Waals surface area contributed by atoms with Gasteiger partial charge in [-0.3, -0.25) is 4.79 Å². The van der Waals surface area contributed by atoms with Crippen LogP contribution >= 0.6 is 0 Å². The predicted octanol–water partition coefficient (Wildman–Crippen LogP) is 1.52. The summed E-state index contributed by atoms with van der Waals surface area (Å²) in [6, 6.07) is 0. The van der Waals surface area contributed by atoms with Gasteiger partial charge in [-0.25, -0.2) is 0 Å². The van der Waals surface area contributed by atoms with Gasteiger partial charge in [-0.15, -0.1) is 0 Å². The first-order valence-electron chi connectivity index (χ1n) is 3.63. The fourth-order valence-corrected chi connectivity index (χ4v) is 0.494. The summed E-state index contributed by atoms with van der Waals surface area (Å²) in [6.07, 6.45) is 2.49. The zero-order chi connectivity index (χ0) is 8.20. The van der Waals surface area contributed by atoms with Gasteiger partial charge in [0.05, 0.1) is 0 Å². The fourth-order valence-electron chi connectivity index (χ4n) is 0.494. The van der Waals surface area contributed by atoms with Gasteiger partial charge >= 0.3 is 0 Å². The average molecular weight is 142 g/mol. The van der Waals surface area contributed by atoms with Crippen molar-refractivity contribution in [2.24, 2.45) is 0 Å². The number of nitrogens with one attached hydrogen (secondary N) is 1. The van der Waals surface area contributed by atoms with E-state index in [-0.39, 0.29) is 11.4 Å². The van der Waals surface area contributed by atoms with Crippen molar-refractivity contribution >= 4 is 5.91 Å². The van der Waals surface area contributed by atoms with Crippen LogP contribution in [-0.4, -0.2) is 11.4 Å². The fraction of sp³-hybridized carbons (Fsp3) is 0.750. The Morgan fingerprint density at radius 3 is 2.40 bits per heavy atom. The van der Waals surface area contributed by atoms with Crippen molar-refractivity contribution < 1.29 is 4.79 Å². The van der Waals surface area contributed by atoms with Crippen LogP contribution in [0, 0.1) is 6.42 Å². The molecule has 0 aromatic carbocycles. The molecule has 0 rings (SSSR count). The molecular weight excluding hydrogens is 126 g/mol. The van der Waals surface area contributed by atoms with E-state index in [4.69, 9.17) is 0 Å². The van der Waals surface area contributed by atoms with Gasteiger partial charge in [0.25, 0.3) is 0 Å². The first-order valence-corrected chi connectivity index (χ1v) is 3.63. The Balaban J connectivity index is 3.76. The smallest absolute Gasteiger partial charge is 0.224 e. The van der Waals surface area contributed by atoms with Gasteiger partial charge in [-0.2, -0.15) is 0 Å². The molecule has 0 unspecified atom stereocenters. The third-order valence-electron chi connectivity index (χ3n) is 1.61. The molecule has 0 bridgehead atoms. The van der Waals surface area contributed by atoms with Gasteiger partial charge in [0, 0.05) is 12.0 Å². The summed E-state index contributed by atoms with van der Waals surface area (Å²) >= 11 is 0. The number of hydrogen-bond acceptors (Lipinski definition) is 1. The van der Waals surface area contributed by atoms with E-state index in [0.29, 0.717) is 0 Å². The quantitative estimate of drug-likeness (QED) is 0.636. The maximum Gasteiger partial charge on any atom is 0.224 e. The van der Waals surface area contributed by atoms with Crippen LogP contribution in [0.25, 0.3) is 0 Å². The summed E-state index contributed by atoms with van der Waals surface area (Å²) in [6.45, 7) is 7.81. The molecule has 2 heteroatoms. The third kappa shape index (κ3) is 3.49. The Hall–Kier alpha value is -0.530. The summed E-state index contributed by atoms with van der Waals surface area (Å²) in [5.74, 6) is 0.00634. The molecule has 0 aromatic heterocycles.